The normalized spacial score (nSPS) is 22.0. The van der Waals surface area contributed by atoms with E-state index >= 15 is 0 Å². The lowest BCUT2D eigenvalue weighted by atomic mass is 10.1. The Hall–Kier alpha value is -1.33. The van der Waals surface area contributed by atoms with Crippen LogP contribution in [0.5, 0.6) is 0 Å². The standard InChI is InChI=1S/C14H22N2O3/c1-10(12-4-5-13(19-12)14(17)18)16(3)9-11-6-7-15(2)8-11/h4-5,10-11H,6-9H2,1-3H3,(H,17,18). The summed E-state index contributed by atoms with van der Waals surface area (Å²) in [5.41, 5.74) is 0. The van der Waals surface area contributed by atoms with Crippen LogP contribution in [-0.2, 0) is 0 Å². The van der Waals surface area contributed by atoms with E-state index in [9.17, 15) is 4.79 Å². The molecule has 1 N–H and O–H groups in total. The van der Waals surface area contributed by atoms with Crippen LogP contribution in [-0.4, -0.2) is 54.6 Å². The number of nitrogens with zero attached hydrogens (tertiary/aromatic N) is 2. The maximum absolute atomic E-state index is 10.8. The third-order valence-corrected chi connectivity index (χ3v) is 3.95. The molecule has 106 valence electrons. The van der Waals surface area contributed by atoms with Gasteiger partial charge in [0.05, 0.1) is 6.04 Å². The lowest BCUT2D eigenvalue weighted by molar-refractivity contribution is 0.0656. The number of carbonyl (C=O) groups is 1. The maximum atomic E-state index is 10.8. The minimum absolute atomic E-state index is 0.0100. The van der Waals surface area contributed by atoms with Crippen molar-refractivity contribution in [1.29, 1.82) is 0 Å². The highest BCUT2D eigenvalue weighted by molar-refractivity contribution is 5.84. The fraction of sp³-hybridized carbons (Fsp3) is 0.643. The molecule has 5 nitrogen and oxygen atoms in total. The van der Waals surface area contributed by atoms with Gasteiger partial charge in [0, 0.05) is 13.1 Å². The van der Waals surface area contributed by atoms with Crippen LogP contribution in [0.15, 0.2) is 16.5 Å². The predicted octanol–water partition coefficient (Wildman–Crippen LogP) is 1.92. The molecule has 19 heavy (non-hydrogen) atoms. The van der Waals surface area contributed by atoms with Gasteiger partial charge < -0.3 is 14.4 Å². The summed E-state index contributed by atoms with van der Waals surface area (Å²) in [6.07, 6.45) is 1.23. The second kappa shape index (κ2) is 5.75. The third-order valence-electron chi connectivity index (χ3n) is 3.95. The maximum Gasteiger partial charge on any atom is 0.371 e. The van der Waals surface area contributed by atoms with Crippen LogP contribution in [0.4, 0.5) is 0 Å². The van der Waals surface area contributed by atoms with Gasteiger partial charge in [-0.2, -0.15) is 0 Å². The van der Waals surface area contributed by atoms with Crippen molar-refractivity contribution in [1.82, 2.24) is 9.80 Å². The Kier molecular flexibility index (Phi) is 4.27. The van der Waals surface area contributed by atoms with E-state index in [1.54, 1.807) is 6.07 Å². The highest BCUT2D eigenvalue weighted by Gasteiger charge is 2.24. The lowest BCUT2D eigenvalue weighted by Crippen LogP contribution is -2.29. The van der Waals surface area contributed by atoms with E-state index in [1.807, 2.05) is 6.92 Å². The van der Waals surface area contributed by atoms with Crippen molar-refractivity contribution in [2.24, 2.45) is 5.92 Å². The zero-order chi connectivity index (χ0) is 14.0. The molecule has 5 heteroatoms. The molecule has 0 saturated carbocycles. The fourth-order valence-corrected chi connectivity index (χ4v) is 2.65. The van der Waals surface area contributed by atoms with Crippen molar-refractivity contribution in [2.75, 3.05) is 33.7 Å². The van der Waals surface area contributed by atoms with E-state index in [-0.39, 0.29) is 11.8 Å². The minimum Gasteiger partial charge on any atom is -0.475 e. The van der Waals surface area contributed by atoms with E-state index in [2.05, 4.69) is 23.9 Å². The van der Waals surface area contributed by atoms with Crippen molar-refractivity contribution in [2.45, 2.75) is 19.4 Å². The molecule has 1 fully saturated rings. The number of aromatic carboxylic acids is 1. The average molecular weight is 266 g/mol. The van der Waals surface area contributed by atoms with Crippen LogP contribution in [0.2, 0.25) is 0 Å². The first-order valence-electron chi connectivity index (χ1n) is 6.69. The summed E-state index contributed by atoms with van der Waals surface area (Å²) in [5, 5.41) is 8.86. The number of furan rings is 1. The molecule has 0 spiro atoms. The third kappa shape index (κ3) is 3.36. The molecule has 2 unspecified atom stereocenters. The van der Waals surface area contributed by atoms with Gasteiger partial charge in [0.1, 0.15) is 5.76 Å². The molecular weight excluding hydrogens is 244 g/mol. The van der Waals surface area contributed by atoms with Crippen molar-refractivity contribution >= 4 is 5.97 Å². The fourth-order valence-electron chi connectivity index (χ4n) is 2.65. The molecule has 0 amide bonds. The monoisotopic (exact) mass is 266 g/mol. The van der Waals surface area contributed by atoms with Crippen molar-refractivity contribution in [3.63, 3.8) is 0 Å². The van der Waals surface area contributed by atoms with Gasteiger partial charge in [0.25, 0.3) is 0 Å². The second-order valence-corrected chi connectivity index (χ2v) is 5.54. The first kappa shape index (κ1) is 14.1. The molecule has 0 radical (unpaired) electrons. The summed E-state index contributed by atoms with van der Waals surface area (Å²) in [6, 6.07) is 3.37. The molecule has 1 aromatic rings. The summed E-state index contributed by atoms with van der Waals surface area (Å²) in [5.74, 6) is 0.395. The number of rotatable bonds is 5. The molecule has 0 aromatic carbocycles. The van der Waals surface area contributed by atoms with Crippen LogP contribution in [0.25, 0.3) is 0 Å². The van der Waals surface area contributed by atoms with E-state index in [4.69, 9.17) is 9.52 Å². The van der Waals surface area contributed by atoms with E-state index in [1.165, 1.54) is 12.5 Å². The van der Waals surface area contributed by atoms with Gasteiger partial charge in [-0.15, -0.1) is 0 Å². The van der Waals surface area contributed by atoms with E-state index in [0.717, 1.165) is 19.6 Å². The number of carboxylic acid groups (broad SMARTS) is 1. The van der Waals surface area contributed by atoms with Gasteiger partial charge in [-0.3, -0.25) is 4.90 Å². The first-order valence-corrected chi connectivity index (χ1v) is 6.69. The summed E-state index contributed by atoms with van der Waals surface area (Å²) in [4.78, 5) is 15.4. The summed E-state index contributed by atoms with van der Waals surface area (Å²) >= 11 is 0. The number of hydrogen-bond acceptors (Lipinski definition) is 4. The number of hydrogen-bond donors (Lipinski definition) is 1. The first-order chi connectivity index (χ1) is 8.97. The topological polar surface area (TPSA) is 56.9 Å². The highest BCUT2D eigenvalue weighted by atomic mass is 16.4. The molecule has 2 atom stereocenters. The van der Waals surface area contributed by atoms with Crippen LogP contribution in [0, 0.1) is 5.92 Å². The smallest absolute Gasteiger partial charge is 0.371 e. The molecule has 0 bridgehead atoms. The predicted molar refractivity (Wildman–Crippen MR) is 72.3 cm³/mol. The largest absolute Gasteiger partial charge is 0.475 e. The van der Waals surface area contributed by atoms with Crippen LogP contribution < -0.4 is 0 Å². The molecule has 1 saturated heterocycles. The Morgan fingerprint density at radius 3 is 2.89 bits per heavy atom. The molecule has 2 heterocycles. The average Bonchev–Trinajstić information content (AvgIpc) is 2.97. The Morgan fingerprint density at radius 2 is 2.37 bits per heavy atom. The molecule has 1 aliphatic heterocycles. The minimum atomic E-state index is -1.02. The summed E-state index contributed by atoms with van der Waals surface area (Å²) < 4.78 is 5.36. The molecule has 1 aromatic heterocycles. The highest BCUT2D eigenvalue weighted by Crippen LogP contribution is 2.24. The number of likely N-dealkylation sites (tertiary alicyclic amines) is 1. The Balaban J connectivity index is 1.94. The SMILES string of the molecule is CC(c1ccc(C(=O)O)o1)N(C)CC1CCN(C)C1. The molecule has 2 rings (SSSR count). The van der Waals surface area contributed by atoms with E-state index < -0.39 is 5.97 Å². The second-order valence-electron chi connectivity index (χ2n) is 5.54. The summed E-state index contributed by atoms with van der Waals surface area (Å²) in [7, 11) is 4.21. The van der Waals surface area contributed by atoms with Crippen molar-refractivity contribution in [3.8, 4) is 0 Å². The van der Waals surface area contributed by atoms with Gasteiger partial charge in [0.15, 0.2) is 0 Å². The zero-order valence-corrected chi connectivity index (χ0v) is 11.8. The van der Waals surface area contributed by atoms with Crippen molar-refractivity contribution in [3.05, 3.63) is 23.7 Å². The molecule has 0 aliphatic carbocycles. The van der Waals surface area contributed by atoms with Crippen LogP contribution >= 0.6 is 0 Å². The Morgan fingerprint density at radius 1 is 1.63 bits per heavy atom. The van der Waals surface area contributed by atoms with Gasteiger partial charge in [-0.05, 0) is 52.0 Å². The molecular formula is C14H22N2O3. The van der Waals surface area contributed by atoms with Gasteiger partial charge in [0.2, 0.25) is 5.76 Å². The van der Waals surface area contributed by atoms with Crippen LogP contribution in [0.1, 0.15) is 35.7 Å². The van der Waals surface area contributed by atoms with Crippen LogP contribution in [0.3, 0.4) is 0 Å². The quantitative estimate of drug-likeness (QED) is 0.882. The number of carboxylic acids is 1. The Labute approximate surface area is 113 Å². The Bertz CT molecular complexity index is 444. The molecule has 1 aliphatic rings. The summed E-state index contributed by atoms with van der Waals surface area (Å²) in [6.45, 7) is 5.35. The van der Waals surface area contributed by atoms with Gasteiger partial charge in [-0.1, -0.05) is 0 Å². The van der Waals surface area contributed by atoms with Gasteiger partial charge >= 0.3 is 5.97 Å². The van der Waals surface area contributed by atoms with Crippen molar-refractivity contribution < 1.29 is 14.3 Å². The lowest BCUT2D eigenvalue weighted by Gasteiger charge is -2.26. The van der Waals surface area contributed by atoms with Gasteiger partial charge in [-0.25, -0.2) is 4.79 Å². The van der Waals surface area contributed by atoms with E-state index in [0.29, 0.717) is 11.7 Å². The zero-order valence-electron chi connectivity index (χ0n) is 11.8.